The smallest absolute Gasteiger partial charge is 0.178 e. The molecule has 6 unspecified atom stereocenters. The molecular formula is C26H22N8O12. The molecule has 4 aromatic rings. The van der Waals surface area contributed by atoms with Gasteiger partial charge in [-0.2, -0.15) is 31.4 Å². The lowest BCUT2D eigenvalue weighted by Crippen LogP contribution is -3.01. The molecule has 0 aromatic heterocycles. The number of rotatable bonds is 7. The predicted molar refractivity (Wildman–Crippen MR) is 150 cm³/mol. The van der Waals surface area contributed by atoms with Crippen LogP contribution in [0.2, 0.25) is 0 Å². The van der Waals surface area contributed by atoms with E-state index in [4.69, 9.17) is 0 Å². The number of fused-ring (bicyclic) bond motifs is 6. The minimum atomic E-state index is -1.47. The highest BCUT2D eigenvalue weighted by molar-refractivity contribution is 6.28. The normalized spacial score (nSPS) is 18.9. The van der Waals surface area contributed by atoms with Crippen molar-refractivity contribution in [1.82, 2.24) is 0 Å². The molecule has 0 aliphatic heterocycles. The summed E-state index contributed by atoms with van der Waals surface area (Å²) in [4.78, 5) is 0. The Hall–Kier alpha value is -4.50. The summed E-state index contributed by atoms with van der Waals surface area (Å²) in [6.45, 7) is 0. The molecule has 4 aromatic carbocycles. The summed E-state index contributed by atoms with van der Waals surface area (Å²) in [6, 6.07) is 11.7. The van der Waals surface area contributed by atoms with Crippen molar-refractivity contribution in [2.75, 3.05) is 0 Å². The van der Waals surface area contributed by atoms with Gasteiger partial charge in [-0.05, 0) is 23.3 Å². The number of nitrogens with zero attached hydrogens (tertiary/aromatic N) is 2. The lowest BCUT2D eigenvalue weighted by atomic mass is 10.0. The monoisotopic (exact) mass is 638 g/mol. The average Bonchev–Trinajstić information content (AvgIpc) is 3.49. The quantitative estimate of drug-likeness (QED) is 0.0754. The van der Waals surface area contributed by atoms with Gasteiger partial charge in [-0.15, -0.1) is 10.2 Å². The molecule has 6 rings (SSSR count). The predicted octanol–water partition coefficient (Wildman–Crippen LogP) is -3.64. The Morgan fingerprint density at radius 1 is 0.370 bits per heavy atom. The molecular weight excluding hydrogens is 616 g/mol. The minimum Gasteiger partial charge on any atom is -0.595 e. The molecule has 0 spiro atoms. The van der Waals surface area contributed by atoms with Crippen LogP contribution in [0.4, 0.5) is 34.1 Å². The first-order valence-electron chi connectivity index (χ1n) is 13.0. The van der Waals surface area contributed by atoms with Gasteiger partial charge in [0, 0.05) is 58.7 Å². The van der Waals surface area contributed by atoms with Gasteiger partial charge in [0.05, 0.1) is 23.3 Å². The van der Waals surface area contributed by atoms with E-state index in [1.54, 1.807) is 0 Å². The maximum absolute atomic E-state index is 12.2. The first-order chi connectivity index (χ1) is 21.8. The Morgan fingerprint density at radius 2 is 0.696 bits per heavy atom. The largest absolute Gasteiger partial charge is 0.595 e. The molecule has 0 radical (unpaired) electrons. The third-order valence-electron chi connectivity index (χ3n) is 7.57. The number of nitrogens with one attached hydrogen (secondary N) is 6. The summed E-state index contributed by atoms with van der Waals surface area (Å²) in [5.74, 6) is 0. The van der Waals surface area contributed by atoms with Crippen LogP contribution < -0.4 is 31.4 Å². The fourth-order valence-corrected chi connectivity index (χ4v) is 5.61. The molecule has 46 heavy (non-hydrogen) atoms. The fourth-order valence-electron chi connectivity index (χ4n) is 5.61. The Kier molecular flexibility index (Phi) is 8.01. The molecule has 6 atom stereocenters. The fraction of sp³-hybridized carbons (Fsp3) is 0. The van der Waals surface area contributed by atoms with E-state index in [9.17, 15) is 62.5 Å². The molecule has 0 amide bonds. The third kappa shape index (κ3) is 5.16. The molecule has 12 N–H and O–H groups in total. The first-order valence-corrected chi connectivity index (χ1v) is 13.0. The highest BCUT2D eigenvalue weighted by atomic mass is 16.8. The van der Waals surface area contributed by atoms with E-state index in [1.165, 1.54) is 36.4 Å². The lowest BCUT2D eigenvalue weighted by Gasteiger charge is -2.19. The summed E-state index contributed by atoms with van der Waals surface area (Å²) in [5, 5.41) is 131. The highest BCUT2D eigenvalue weighted by Crippen LogP contribution is 2.45. The number of benzene rings is 4. The Labute approximate surface area is 255 Å². The molecule has 2 aliphatic carbocycles. The van der Waals surface area contributed by atoms with Crippen LogP contribution in [0.5, 0.6) is 0 Å². The zero-order valence-electron chi connectivity index (χ0n) is 22.8. The minimum absolute atomic E-state index is 0.0116. The molecule has 238 valence electrons. The second kappa shape index (κ2) is 11.7. The van der Waals surface area contributed by atoms with Gasteiger partial charge in [0.15, 0.2) is 34.1 Å². The number of hydrogen-bond acceptors (Lipinski definition) is 14. The Morgan fingerprint density at radius 3 is 1.00 bits per heavy atom. The van der Waals surface area contributed by atoms with Gasteiger partial charge in [0.25, 0.3) is 0 Å². The van der Waals surface area contributed by atoms with Crippen molar-refractivity contribution in [2.24, 2.45) is 10.2 Å². The van der Waals surface area contributed by atoms with Crippen molar-refractivity contribution in [3.05, 3.63) is 114 Å². The molecule has 0 heterocycles. The van der Waals surface area contributed by atoms with Crippen LogP contribution >= 0.6 is 0 Å². The van der Waals surface area contributed by atoms with Crippen molar-refractivity contribution in [2.45, 2.75) is 0 Å². The van der Waals surface area contributed by atoms with Gasteiger partial charge in [-0.3, -0.25) is 0 Å². The van der Waals surface area contributed by atoms with Gasteiger partial charge < -0.3 is 31.2 Å². The lowest BCUT2D eigenvalue weighted by molar-refractivity contribution is -0.996. The summed E-state index contributed by atoms with van der Waals surface area (Å²) < 4.78 is 0. The van der Waals surface area contributed by atoms with Crippen LogP contribution in [0, 0.1) is 31.2 Å². The van der Waals surface area contributed by atoms with Crippen LogP contribution in [0.15, 0.2) is 70.9 Å². The molecule has 20 heteroatoms. The van der Waals surface area contributed by atoms with Crippen molar-refractivity contribution in [1.29, 1.82) is 0 Å². The Balaban J connectivity index is 1.68. The van der Waals surface area contributed by atoms with E-state index in [1.807, 2.05) is 0 Å². The van der Waals surface area contributed by atoms with Gasteiger partial charge in [0.1, 0.15) is 11.4 Å². The average molecular weight is 639 g/mol. The summed E-state index contributed by atoms with van der Waals surface area (Å²) in [7, 11) is 0. The maximum atomic E-state index is 12.2. The van der Waals surface area contributed by atoms with Crippen molar-refractivity contribution < 1.29 is 62.6 Å². The van der Waals surface area contributed by atoms with Crippen molar-refractivity contribution in [3.8, 4) is 22.3 Å². The van der Waals surface area contributed by atoms with Crippen LogP contribution in [0.1, 0.15) is 22.3 Å². The Bertz CT molecular complexity index is 1810. The van der Waals surface area contributed by atoms with E-state index < -0.39 is 54.1 Å². The van der Waals surface area contributed by atoms with Crippen molar-refractivity contribution in [3.63, 3.8) is 0 Å². The van der Waals surface area contributed by atoms with E-state index in [2.05, 4.69) is 10.2 Å². The summed E-state index contributed by atoms with van der Waals surface area (Å²) >= 11 is 0. The first kappa shape index (κ1) is 31.5. The van der Waals surface area contributed by atoms with Crippen LogP contribution in [0.25, 0.3) is 22.3 Å². The van der Waals surface area contributed by atoms with E-state index >= 15 is 0 Å². The molecule has 2 aliphatic rings. The zero-order valence-corrected chi connectivity index (χ0v) is 22.8. The summed E-state index contributed by atoms with van der Waals surface area (Å²) in [5.41, 5.74) is -1.64. The number of quaternary nitrogens is 6. The van der Waals surface area contributed by atoms with Gasteiger partial charge in [0.2, 0.25) is 0 Å². The van der Waals surface area contributed by atoms with E-state index in [-0.39, 0.29) is 67.3 Å². The third-order valence-corrected chi connectivity index (χ3v) is 7.57. The molecule has 0 saturated carbocycles. The van der Waals surface area contributed by atoms with E-state index in [0.717, 1.165) is 24.3 Å². The van der Waals surface area contributed by atoms with Gasteiger partial charge in [-0.25, -0.2) is 31.2 Å². The molecule has 0 fully saturated rings. The van der Waals surface area contributed by atoms with Crippen LogP contribution in [-0.2, 0) is 0 Å². The second-order valence-electron chi connectivity index (χ2n) is 10.1. The molecule has 20 nitrogen and oxygen atoms in total. The SMILES string of the molecule is [O-][NH+](O)c1ccc2c(c1)/C(=N/N=C1/c3cc([NH+]([O-])O)ccc3-c3c1cc([NH+]([O-])O)cc3[NH+]([O-])O)c1cc([NH+]([O-])O)cc([NH+]([O-])O)c1-2. The topological polar surface area (TPSA) is 311 Å². The highest BCUT2D eigenvalue weighted by Gasteiger charge is 2.36. The molecule has 0 bridgehead atoms. The van der Waals surface area contributed by atoms with Gasteiger partial charge >= 0.3 is 0 Å². The number of hydrogen-bond donors (Lipinski definition) is 12. The van der Waals surface area contributed by atoms with Crippen LogP contribution in [-0.4, -0.2) is 42.7 Å². The van der Waals surface area contributed by atoms with Crippen LogP contribution in [0.3, 0.4) is 0 Å². The standard InChI is InChI=1S/C26H22N8O12/c35-29(36)11-1-3-15-17(5-11)25(19-7-13(31(39)40)9-21(23(15)19)33(43)44)27-28-26-18-6-12(30(37)38)2-4-16(18)24-20(26)8-14(32(41)42)10-22(24)34(45)46/h1-10,29-35,37,39,41,43,45H/b27-25-,28-26-. The van der Waals surface area contributed by atoms with Crippen molar-refractivity contribution >= 4 is 45.5 Å². The van der Waals surface area contributed by atoms with Gasteiger partial charge in [-0.1, -0.05) is 0 Å². The summed E-state index contributed by atoms with van der Waals surface area (Å²) in [6.07, 6.45) is 0. The van der Waals surface area contributed by atoms with E-state index in [0.29, 0.717) is 0 Å². The zero-order chi connectivity index (χ0) is 33.2. The molecule has 0 saturated heterocycles. The maximum Gasteiger partial charge on any atom is 0.178 e. The second-order valence-corrected chi connectivity index (χ2v) is 10.1.